The summed E-state index contributed by atoms with van der Waals surface area (Å²) in [5.41, 5.74) is 5.46. The lowest BCUT2D eigenvalue weighted by molar-refractivity contribution is -0.151. The molecule has 3 nitrogen and oxygen atoms in total. The molecule has 0 heterocycles. The third kappa shape index (κ3) is 3.98. The van der Waals surface area contributed by atoms with Crippen LogP contribution in [0.3, 0.4) is 0 Å². The third-order valence-corrected chi connectivity index (χ3v) is 5.09. The third-order valence-electron chi connectivity index (χ3n) is 4.06. The molecule has 1 fully saturated rings. The average molecular weight is 311 g/mol. The Morgan fingerprint density at radius 2 is 2.38 bits per heavy atom. The summed E-state index contributed by atoms with van der Waals surface area (Å²) in [5.74, 6) is 0.480. The van der Waals surface area contributed by atoms with Gasteiger partial charge in [0.2, 0.25) is 0 Å². The standard InChI is InChI=1S/C16H22FNO2S/c1-2-20-15(19)16(18)9-4-5-12(16)8-10-21-14-7-3-6-13(17)11-14/h3,6-7,11-12H,2,4-5,8-10,18H2,1H3. The van der Waals surface area contributed by atoms with Crippen LogP contribution < -0.4 is 5.73 Å². The lowest BCUT2D eigenvalue weighted by Gasteiger charge is -2.28. The molecule has 1 aromatic rings. The van der Waals surface area contributed by atoms with E-state index in [4.69, 9.17) is 10.5 Å². The van der Waals surface area contributed by atoms with Gasteiger partial charge in [-0.25, -0.2) is 4.39 Å². The summed E-state index contributed by atoms with van der Waals surface area (Å²) in [5, 5.41) is 0. The van der Waals surface area contributed by atoms with Crippen molar-refractivity contribution in [1.82, 2.24) is 0 Å². The van der Waals surface area contributed by atoms with Crippen LogP contribution in [0.5, 0.6) is 0 Å². The molecule has 1 aliphatic carbocycles. The first kappa shape index (κ1) is 16.3. The number of rotatable bonds is 6. The molecule has 2 N–H and O–H groups in total. The molecule has 0 spiro atoms. The van der Waals surface area contributed by atoms with Gasteiger partial charge in [0.25, 0.3) is 0 Å². The van der Waals surface area contributed by atoms with Crippen molar-refractivity contribution < 1.29 is 13.9 Å². The van der Waals surface area contributed by atoms with Gasteiger partial charge in [-0.2, -0.15) is 0 Å². The largest absolute Gasteiger partial charge is 0.465 e. The van der Waals surface area contributed by atoms with E-state index in [1.165, 1.54) is 12.1 Å². The molecule has 0 aliphatic heterocycles. The fourth-order valence-electron chi connectivity index (χ4n) is 2.91. The highest BCUT2D eigenvalue weighted by molar-refractivity contribution is 7.99. The molecule has 0 bridgehead atoms. The van der Waals surface area contributed by atoms with Crippen LogP contribution in [0, 0.1) is 11.7 Å². The van der Waals surface area contributed by atoms with Gasteiger partial charge in [0.1, 0.15) is 11.4 Å². The van der Waals surface area contributed by atoms with Gasteiger partial charge in [-0.3, -0.25) is 4.79 Å². The predicted molar refractivity (Wildman–Crippen MR) is 82.6 cm³/mol. The van der Waals surface area contributed by atoms with Crippen molar-refractivity contribution in [2.75, 3.05) is 12.4 Å². The summed E-state index contributed by atoms with van der Waals surface area (Å²) in [4.78, 5) is 13.0. The zero-order valence-corrected chi connectivity index (χ0v) is 13.1. The minimum atomic E-state index is -0.835. The van der Waals surface area contributed by atoms with E-state index < -0.39 is 5.54 Å². The van der Waals surface area contributed by atoms with Crippen molar-refractivity contribution in [3.63, 3.8) is 0 Å². The lowest BCUT2D eigenvalue weighted by Crippen LogP contribution is -2.52. The quantitative estimate of drug-likeness (QED) is 0.646. The Hall–Kier alpha value is -1.07. The second kappa shape index (κ2) is 7.27. The molecule has 0 amide bonds. The topological polar surface area (TPSA) is 52.3 Å². The zero-order valence-electron chi connectivity index (χ0n) is 12.3. The second-order valence-electron chi connectivity index (χ2n) is 5.44. The normalized spacial score (nSPS) is 25.0. The SMILES string of the molecule is CCOC(=O)C1(N)CCCC1CCSc1cccc(F)c1. The summed E-state index contributed by atoms with van der Waals surface area (Å²) < 4.78 is 18.2. The molecule has 0 aromatic heterocycles. The molecular weight excluding hydrogens is 289 g/mol. The number of ether oxygens (including phenoxy) is 1. The van der Waals surface area contributed by atoms with E-state index in [0.717, 1.165) is 29.9 Å². The van der Waals surface area contributed by atoms with Crippen molar-refractivity contribution in [2.45, 2.75) is 43.0 Å². The van der Waals surface area contributed by atoms with Gasteiger partial charge in [0.05, 0.1) is 6.61 Å². The number of benzene rings is 1. The van der Waals surface area contributed by atoms with Crippen LogP contribution in [0.4, 0.5) is 4.39 Å². The Morgan fingerprint density at radius 1 is 1.57 bits per heavy atom. The van der Waals surface area contributed by atoms with Crippen LogP contribution in [0.2, 0.25) is 0 Å². The van der Waals surface area contributed by atoms with Crippen molar-refractivity contribution in [2.24, 2.45) is 11.7 Å². The van der Waals surface area contributed by atoms with E-state index in [-0.39, 0.29) is 17.7 Å². The summed E-state index contributed by atoms with van der Waals surface area (Å²) in [6, 6.07) is 6.57. The van der Waals surface area contributed by atoms with Gasteiger partial charge in [0, 0.05) is 4.90 Å². The minimum Gasteiger partial charge on any atom is -0.465 e. The highest BCUT2D eigenvalue weighted by Crippen LogP contribution is 2.38. The van der Waals surface area contributed by atoms with Crippen LogP contribution in [0.15, 0.2) is 29.2 Å². The van der Waals surface area contributed by atoms with Gasteiger partial charge in [0.15, 0.2) is 0 Å². The van der Waals surface area contributed by atoms with E-state index in [9.17, 15) is 9.18 Å². The lowest BCUT2D eigenvalue weighted by atomic mass is 9.86. The van der Waals surface area contributed by atoms with E-state index in [2.05, 4.69) is 0 Å². The molecule has 2 rings (SSSR count). The van der Waals surface area contributed by atoms with Crippen LogP contribution in [0.25, 0.3) is 0 Å². The molecule has 5 heteroatoms. The Morgan fingerprint density at radius 3 is 3.10 bits per heavy atom. The highest BCUT2D eigenvalue weighted by Gasteiger charge is 2.46. The van der Waals surface area contributed by atoms with E-state index >= 15 is 0 Å². The van der Waals surface area contributed by atoms with E-state index in [1.807, 2.05) is 6.07 Å². The summed E-state index contributed by atoms with van der Waals surface area (Å²) >= 11 is 1.60. The number of esters is 1. The average Bonchev–Trinajstić information content (AvgIpc) is 2.82. The molecule has 21 heavy (non-hydrogen) atoms. The summed E-state index contributed by atoms with van der Waals surface area (Å²) in [6.07, 6.45) is 3.46. The number of hydrogen-bond donors (Lipinski definition) is 1. The number of carbonyl (C=O) groups is 1. The predicted octanol–water partition coefficient (Wildman–Crippen LogP) is 3.37. The number of carbonyl (C=O) groups excluding carboxylic acids is 1. The number of thioether (sulfide) groups is 1. The first-order valence-corrected chi connectivity index (χ1v) is 8.39. The maximum absolute atomic E-state index is 13.1. The molecule has 1 aliphatic rings. The Labute approximate surface area is 129 Å². The molecule has 2 atom stereocenters. The van der Waals surface area contributed by atoms with Crippen molar-refractivity contribution in [3.05, 3.63) is 30.1 Å². The molecule has 0 radical (unpaired) electrons. The van der Waals surface area contributed by atoms with Gasteiger partial charge >= 0.3 is 5.97 Å². The van der Waals surface area contributed by atoms with Gasteiger partial charge in [-0.15, -0.1) is 11.8 Å². The number of hydrogen-bond acceptors (Lipinski definition) is 4. The van der Waals surface area contributed by atoms with Crippen LogP contribution in [0.1, 0.15) is 32.6 Å². The zero-order chi connectivity index (χ0) is 15.3. The van der Waals surface area contributed by atoms with E-state index in [1.54, 1.807) is 24.8 Å². The maximum atomic E-state index is 13.1. The first-order chi connectivity index (χ1) is 10.1. The van der Waals surface area contributed by atoms with Gasteiger partial charge in [-0.1, -0.05) is 12.5 Å². The second-order valence-corrected chi connectivity index (χ2v) is 6.61. The van der Waals surface area contributed by atoms with Crippen molar-refractivity contribution in [3.8, 4) is 0 Å². The van der Waals surface area contributed by atoms with Crippen molar-refractivity contribution >= 4 is 17.7 Å². The van der Waals surface area contributed by atoms with Crippen molar-refractivity contribution in [1.29, 1.82) is 0 Å². The first-order valence-electron chi connectivity index (χ1n) is 7.40. The maximum Gasteiger partial charge on any atom is 0.326 e. The van der Waals surface area contributed by atoms with Crippen LogP contribution in [-0.4, -0.2) is 23.9 Å². The van der Waals surface area contributed by atoms with Crippen LogP contribution in [-0.2, 0) is 9.53 Å². The molecule has 1 aromatic carbocycles. The molecule has 0 saturated heterocycles. The smallest absolute Gasteiger partial charge is 0.326 e. The van der Waals surface area contributed by atoms with Gasteiger partial charge in [-0.05, 0) is 56.1 Å². The monoisotopic (exact) mass is 311 g/mol. The fraction of sp³-hybridized carbons (Fsp3) is 0.562. The molecule has 1 saturated carbocycles. The highest BCUT2D eigenvalue weighted by atomic mass is 32.2. The Balaban J connectivity index is 1.88. The molecule has 116 valence electrons. The minimum absolute atomic E-state index is 0.151. The Kier molecular flexibility index (Phi) is 5.65. The summed E-state index contributed by atoms with van der Waals surface area (Å²) in [6.45, 7) is 2.16. The van der Waals surface area contributed by atoms with E-state index in [0.29, 0.717) is 13.0 Å². The van der Waals surface area contributed by atoms with Gasteiger partial charge < -0.3 is 10.5 Å². The molecule has 2 unspecified atom stereocenters. The molecular formula is C16H22FNO2S. The van der Waals surface area contributed by atoms with Crippen LogP contribution >= 0.6 is 11.8 Å². The summed E-state index contributed by atoms with van der Waals surface area (Å²) in [7, 11) is 0. The number of nitrogens with two attached hydrogens (primary N) is 1. The number of halogens is 1. The Bertz CT molecular complexity index is 497. The fourth-order valence-corrected chi connectivity index (χ4v) is 3.92.